The first-order chi connectivity index (χ1) is 7.22. The normalized spacial score (nSPS) is 11.3. The summed E-state index contributed by atoms with van der Waals surface area (Å²) in [5, 5.41) is 10.4. The summed E-state index contributed by atoms with van der Waals surface area (Å²) < 4.78 is 51.7. The largest absolute Gasteiger partial charge is 0.573 e. The van der Waals surface area contributed by atoms with Crippen molar-refractivity contribution < 1.29 is 27.2 Å². The van der Waals surface area contributed by atoms with Gasteiger partial charge in [-0.15, -0.1) is 13.2 Å². The van der Waals surface area contributed by atoms with Crippen molar-refractivity contribution in [3.05, 3.63) is 32.5 Å². The van der Waals surface area contributed by atoms with E-state index in [2.05, 4.69) is 20.7 Å². The average molecular weight is 304 g/mol. The Bertz CT molecular complexity index is 434. The Balaban J connectivity index is 3.29. The van der Waals surface area contributed by atoms with Crippen LogP contribution in [0.15, 0.2) is 16.6 Å². The van der Waals surface area contributed by atoms with Crippen molar-refractivity contribution in [3.63, 3.8) is 0 Å². The maximum atomic E-state index is 13.2. The third-order valence-corrected chi connectivity index (χ3v) is 2.05. The van der Waals surface area contributed by atoms with E-state index in [9.17, 15) is 27.7 Å². The highest BCUT2D eigenvalue weighted by Gasteiger charge is 2.36. The highest BCUT2D eigenvalue weighted by molar-refractivity contribution is 9.10. The molecule has 1 aromatic carbocycles. The minimum absolute atomic E-state index is 0.325. The molecular formula is C7H2BrF4NO3. The van der Waals surface area contributed by atoms with Crippen molar-refractivity contribution in [1.29, 1.82) is 0 Å². The standard InChI is InChI=1S/C7H2BrF4NO3/c8-3-1-2-4(16-7(10,11)12)6(5(3)9)13(14)15/h1-2H. The second kappa shape index (κ2) is 4.24. The monoisotopic (exact) mass is 303 g/mol. The van der Waals surface area contributed by atoms with E-state index < -0.39 is 28.5 Å². The van der Waals surface area contributed by atoms with Crippen LogP contribution >= 0.6 is 15.9 Å². The Morgan fingerprint density at radius 1 is 1.38 bits per heavy atom. The van der Waals surface area contributed by atoms with Gasteiger partial charge in [-0.3, -0.25) is 10.1 Å². The lowest BCUT2D eigenvalue weighted by molar-refractivity contribution is -0.391. The van der Waals surface area contributed by atoms with Crippen LogP contribution in [0.2, 0.25) is 0 Å². The molecule has 0 fully saturated rings. The molecule has 0 atom stereocenters. The Morgan fingerprint density at radius 2 is 1.94 bits per heavy atom. The summed E-state index contributed by atoms with van der Waals surface area (Å²) in [5.41, 5.74) is -1.37. The number of halogens is 5. The molecular weight excluding hydrogens is 302 g/mol. The quantitative estimate of drug-likeness (QED) is 0.478. The molecule has 0 aromatic heterocycles. The molecule has 0 amide bonds. The maximum Gasteiger partial charge on any atom is 0.573 e. The third kappa shape index (κ3) is 2.81. The van der Waals surface area contributed by atoms with Crippen LogP contribution < -0.4 is 4.74 Å². The number of alkyl halides is 3. The van der Waals surface area contributed by atoms with E-state index in [0.717, 1.165) is 6.07 Å². The molecule has 0 spiro atoms. The van der Waals surface area contributed by atoms with Gasteiger partial charge in [0.25, 0.3) is 0 Å². The van der Waals surface area contributed by atoms with E-state index in [-0.39, 0.29) is 4.47 Å². The van der Waals surface area contributed by atoms with Crippen LogP contribution in [0.1, 0.15) is 0 Å². The Morgan fingerprint density at radius 3 is 2.38 bits per heavy atom. The lowest BCUT2D eigenvalue weighted by Gasteiger charge is -2.09. The highest BCUT2D eigenvalue weighted by Crippen LogP contribution is 2.37. The zero-order chi connectivity index (χ0) is 12.5. The first kappa shape index (κ1) is 12.7. The Labute approximate surface area is 94.1 Å². The highest BCUT2D eigenvalue weighted by atomic mass is 79.9. The van der Waals surface area contributed by atoms with Gasteiger partial charge in [0, 0.05) is 0 Å². The van der Waals surface area contributed by atoms with E-state index in [1.165, 1.54) is 0 Å². The van der Waals surface area contributed by atoms with Crippen molar-refractivity contribution >= 4 is 21.6 Å². The molecule has 16 heavy (non-hydrogen) atoms. The summed E-state index contributed by atoms with van der Waals surface area (Å²) in [6.45, 7) is 0. The fraction of sp³-hybridized carbons (Fsp3) is 0.143. The van der Waals surface area contributed by atoms with Gasteiger partial charge in [-0.25, -0.2) is 0 Å². The van der Waals surface area contributed by atoms with Gasteiger partial charge in [0.15, 0.2) is 0 Å². The molecule has 0 unspecified atom stereocenters. The van der Waals surface area contributed by atoms with Gasteiger partial charge in [0.05, 0.1) is 9.40 Å². The van der Waals surface area contributed by atoms with Crippen LogP contribution in [0.4, 0.5) is 23.2 Å². The summed E-state index contributed by atoms with van der Waals surface area (Å²) >= 11 is 2.61. The smallest absolute Gasteiger partial charge is 0.398 e. The molecule has 0 N–H and O–H groups in total. The van der Waals surface area contributed by atoms with E-state index in [1.807, 2.05) is 0 Å². The summed E-state index contributed by atoms with van der Waals surface area (Å²) in [6, 6.07) is 1.53. The van der Waals surface area contributed by atoms with Gasteiger partial charge in [-0.1, -0.05) is 0 Å². The zero-order valence-corrected chi connectivity index (χ0v) is 8.80. The van der Waals surface area contributed by atoms with E-state index in [4.69, 9.17) is 0 Å². The molecule has 0 bridgehead atoms. The lowest BCUT2D eigenvalue weighted by Crippen LogP contribution is -2.18. The van der Waals surface area contributed by atoms with Crippen molar-refractivity contribution in [2.75, 3.05) is 0 Å². The minimum atomic E-state index is -5.12. The van der Waals surface area contributed by atoms with Gasteiger partial charge in [-0.05, 0) is 28.1 Å². The van der Waals surface area contributed by atoms with Crippen LogP contribution in [0, 0.1) is 15.9 Å². The van der Waals surface area contributed by atoms with Gasteiger partial charge >= 0.3 is 12.0 Å². The number of nitrogens with zero attached hydrogens (tertiary/aromatic N) is 1. The van der Waals surface area contributed by atoms with Crippen LogP contribution in [0.3, 0.4) is 0 Å². The molecule has 0 saturated carbocycles. The second-order valence-corrected chi connectivity index (χ2v) is 3.37. The molecule has 4 nitrogen and oxygen atoms in total. The number of ether oxygens (including phenoxy) is 1. The first-order valence-electron chi connectivity index (χ1n) is 3.60. The predicted octanol–water partition coefficient (Wildman–Crippen LogP) is 3.39. The van der Waals surface area contributed by atoms with Gasteiger partial charge in [-0.2, -0.15) is 4.39 Å². The topological polar surface area (TPSA) is 52.4 Å². The zero-order valence-electron chi connectivity index (χ0n) is 7.22. The maximum absolute atomic E-state index is 13.2. The lowest BCUT2D eigenvalue weighted by atomic mass is 10.3. The van der Waals surface area contributed by atoms with Crippen LogP contribution in [0.5, 0.6) is 5.75 Å². The van der Waals surface area contributed by atoms with Gasteiger partial charge in [0.1, 0.15) is 0 Å². The number of rotatable bonds is 2. The molecule has 9 heteroatoms. The van der Waals surface area contributed by atoms with Crippen LogP contribution in [-0.2, 0) is 0 Å². The SMILES string of the molecule is O=[N+]([O-])c1c(OC(F)(F)F)ccc(Br)c1F. The first-order valence-corrected chi connectivity index (χ1v) is 4.40. The van der Waals surface area contributed by atoms with Crippen molar-refractivity contribution in [2.24, 2.45) is 0 Å². The Hall–Kier alpha value is -1.38. The number of nitro benzene ring substituents is 1. The molecule has 1 aromatic rings. The molecule has 0 saturated heterocycles. The number of hydrogen-bond acceptors (Lipinski definition) is 3. The number of benzene rings is 1. The van der Waals surface area contributed by atoms with Crippen LogP contribution in [0.25, 0.3) is 0 Å². The summed E-state index contributed by atoms with van der Waals surface area (Å²) in [7, 11) is 0. The molecule has 0 aliphatic rings. The molecule has 88 valence electrons. The van der Waals surface area contributed by atoms with Crippen molar-refractivity contribution in [3.8, 4) is 5.75 Å². The molecule has 1 rings (SSSR count). The third-order valence-electron chi connectivity index (χ3n) is 1.44. The number of hydrogen-bond donors (Lipinski definition) is 0. The Kier molecular flexibility index (Phi) is 3.36. The predicted molar refractivity (Wildman–Crippen MR) is 47.4 cm³/mol. The average Bonchev–Trinajstić information content (AvgIpc) is 2.08. The van der Waals surface area contributed by atoms with E-state index in [0.29, 0.717) is 6.07 Å². The van der Waals surface area contributed by atoms with Crippen molar-refractivity contribution in [2.45, 2.75) is 6.36 Å². The second-order valence-electron chi connectivity index (χ2n) is 2.51. The van der Waals surface area contributed by atoms with Gasteiger partial charge < -0.3 is 4.74 Å². The fourth-order valence-electron chi connectivity index (χ4n) is 0.899. The van der Waals surface area contributed by atoms with Crippen LogP contribution in [-0.4, -0.2) is 11.3 Å². The summed E-state index contributed by atoms with van der Waals surface area (Å²) in [4.78, 5) is 9.09. The molecule has 0 aliphatic carbocycles. The fourth-order valence-corrected chi connectivity index (χ4v) is 1.22. The van der Waals surface area contributed by atoms with Crippen molar-refractivity contribution in [1.82, 2.24) is 0 Å². The minimum Gasteiger partial charge on any atom is -0.398 e. The van der Waals surface area contributed by atoms with E-state index in [1.54, 1.807) is 0 Å². The summed E-state index contributed by atoms with van der Waals surface area (Å²) in [5.74, 6) is -2.62. The molecule has 0 radical (unpaired) electrons. The number of nitro groups is 1. The van der Waals surface area contributed by atoms with E-state index >= 15 is 0 Å². The van der Waals surface area contributed by atoms with Gasteiger partial charge in [0.2, 0.25) is 11.6 Å². The molecule has 0 aliphatic heterocycles. The summed E-state index contributed by atoms with van der Waals surface area (Å²) in [6.07, 6.45) is -5.12. The molecule has 0 heterocycles.